The molecule has 0 amide bonds. The summed E-state index contributed by atoms with van der Waals surface area (Å²) < 4.78 is 36.7. The van der Waals surface area contributed by atoms with E-state index in [0.717, 1.165) is 6.07 Å². The van der Waals surface area contributed by atoms with Crippen LogP contribution in [0, 0.1) is 6.92 Å². The number of pyridine rings is 1. The zero-order valence-electron chi connectivity index (χ0n) is 9.24. The van der Waals surface area contributed by atoms with Gasteiger partial charge in [-0.3, -0.25) is 0 Å². The first-order chi connectivity index (χ1) is 6.95. The number of hydrogen-bond donors (Lipinski definition) is 1. The molecule has 2 nitrogen and oxygen atoms in total. The molecule has 0 saturated heterocycles. The average Bonchev–Trinajstić information content (AvgIpc) is 2.18. The van der Waals surface area contributed by atoms with Gasteiger partial charge in [0.15, 0.2) is 0 Å². The number of hydrogen-bond acceptors (Lipinski definition) is 2. The number of rotatable bonds is 1. The standard InChI is InChI=1S/C8H9F3N2.C2H6/c1-5-6(8(9,10)11)3-4-7(12-2)13-5;1-2/h3-4H,1-2H3,(H,12,13);1-2H3. The van der Waals surface area contributed by atoms with Crippen molar-refractivity contribution in [3.63, 3.8) is 0 Å². The number of aromatic nitrogens is 1. The summed E-state index contributed by atoms with van der Waals surface area (Å²) in [7, 11) is 1.61. The van der Waals surface area contributed by atoms with Crippen molar-refractivity contribution in [2.45, 2.75) is 26.9 Å². The average molecular weight is 220 g/mol. The van der Waals surface area contributed by atoms with Crippen LogP contribution in [0.1, 0.15) is 25.1 Å². The van der Waals surface area contributed by atoms with Crippen LogP contribution < -0.4 is 5.32 Å². The van der Waals surface area contributed by atoms with Crippen molar-refractivity contribution in [3.8, 4) is 0 Å². The van der Waals surface area contributed by atoms with E-state index in [2.05, 4.69) is 10.3 Å². The number of aryl methyl sites for hydroxylation is 1. The van der Waals surface area contributed by atoms with E-state index in [1.165, 1.54) is 13.0 Å². The van der Waals surface area contributed by atoms with Gasteiger partial charge in [0.1, 0.15) is 5.82 Å². The van der Waals surface area contributed by atoms with Crippen LogP contribution in [0.5, 0.6) is 0 Å². The molecule has 0 atom stereocenters. The maximum Gasteiger partial charge on any atom is 0.418 e. The van der Waals surface area contributed by atoms with Gasteiger partial charge >= 0.3 is 6.18 Å². The molecule has 0 aliphatic carbocycles. The quantitative estimate of drug-likeness (QED) is 0.783. The highest BCUT2D eigenvalue weighted by Gasteiger charge is 2.32. The number of nitrogens with one attached hydrogen (secondary N) is 1. The van der Waals surface area contributed by atoms with E-state index >= 15 is 0 Å². The Morgan fingerprint density at radius 1 is 1.20 bits per heavy atom. The first-order valence-electron chi connectivity index (χ1n) is 4.67. The zero-order valence-corrected chi connectivity index (χ0v) is 9.24. The normalized spacial score (nSPS) is 10.3. The molecule has 0 fully saturated rings. The molecule has 5 heteroatoms. The summed E-state index contributed by atoms with van der Waals surface area (Å²) in [6, 6.07) is 2.32. The maximum atomic E-state index is 12.2. The Morgan fingerprint density at radius 3 is 2.07 bits per heavy atom. The Morgan fingerprint density at radius 2 is 1.73 bits per heavy atom. The highest BCUT2D eigenvalue weighted by Crippen LogP contribution is 2.31. The van der Waals surface area contributed by atoms with Crippen LogP contribution in [0.15, 0.2) is 12.1 Å². The van der Waals surface area contributed by atoms with Gasteiger partial charge in [-0.1, -0.05) is 13.8 Å². The molecular formula is C10H15F3N2. The summed E-state index contributed by atoms with van der Waals surface area (Å²) in [4.78, 5) is 3.73. The van der Waals surface area contributed by atoms with E-state index in [0.29, 0.717) is 5.82 Å². The lowest BCUT2D eigenvalue weighted by atomic mass is 10.2. The van der Waals surface area contributed by atoms with E-state index in [9.17, 15) is 13.2 Å². The number of anilines is 1. The SMILES string of the molecule is CC.CNc1ccc(C(F)(F)F)c(C)n1. The third kappa shape index (κ3) is 3.77. The Labute approximate surface area is 87.5 Å². The van der Waals surface area contributed by atoms with E-state index in [-0.39, 0.29) is 5.69 Å². The molecule has 0 bridgehead atoms. The van der Waals surface area contributed by atoms with Gasteiger partial charge in [-0.15, -0.1) is 0 Å². The van der Waals surface area contributed by atoms with Gasteiger partial charge in [-0.2, -0.15) is 13.2 Å². The summed E-state index contributed by atoms with van der Waals surface area (Å²) in [6.07, 6.45) is -4.32. The molecule has 15 heavy (non-hydrogen) atoms. The third-order valence-electron chi connectivity index (χ3n) is 1.65. The lowest BCUT2D eigenvalue weighted by molar-refractivity contribution is -0.138. The zero-order chi connectivity index (χ0) is 12.1. The monoisotopic (exact) mass is 220 g/mol. The second-order valence-electron chi connectivity index (χ2n) is 2.58. The van der Waals surface area contributed by atoms with Gasteiger partial charge in [-0.05, 0) is 19.1 Å². The molecule has 1 rings (SSSR count). The summed E-state index contributed by atoms with van der Waals surface area (Å²) in [5.74, 6) is 0.436. The lowest BCUT2D eigenvalue weighted by Crippen LogP contribution is -2.09. The second kappa shape index (κ2) is 5.58. The minimum Gasteiger partial charge on any atom is -0.373 e. The molecule has 1 N–H and O–H groups in total. The Kier molecular flexibility index (Phi) is 5.11. The van der Waals surface area contributed by atoms with E-state index in [1.807, 2.05) is 13.8 Å². The van der Waals surface area contributed by atoms with Crippen molar-refractivity contribution in [2.24, 2.45) is 0 Å². The fourth-order valence-corrected chi connectivity index (χ4v) is 1.000. The molecule has 0 aliphatic heterocycles. The summed E-state index contributed by atoms with van der Waals surface area (Å²) in [5.41, 5.74) is -0.703. The summed E-state index contributed by atoms with van der Waals surface area (Å²) in [6.45, 7) is 5.34. The Hall–Kier alpha value is -1.26. The Balaban J connectivity index is 0.000000921. The van der Waals surface area contributed by atoms with Crippen LogP contribution in [0.2, 0.25) is 0 Å². The van der Waals surface area contributed by atoms with Crippen LogP contribution in [-0.4, -0.2) is 12.0 Å². The second-order valence-corrected chi connectivity index (χ2v) is 2.58. The maximum absolute atomic E-state index is 12.2. The number of nitrogens with zero attached hydrogens (tertiary/aromatic N) is 1. The fourth-order valence-electron chi connectivity index (χ4n) is 1.000. The van der Waals surface area contributed by atoms with Crippen molar-refractivity contribution >= 4 is 5.82 Å². The third-order valence-corrected chi connectivity index (χ3v) is 1.65. The molecule has 1 aromatic rings. The van der Waals surface area contributed by atoms with Gasteiger partial charge < -0.3 is 5.32 Å². The van der Waals surface area contributed by atoms with Gasteiger partial charge in [0, 0.05) is 7.05 Å². The van der Waals surface area contributed by atoms with E-state index in [4.69, 9.17) is 0 Å². The molecule has 1 aromatic heterocycles. The predicted molar refractivity (Wildman–Crippen MR) is 54.9 cm³/mol. The van der Waals surface area contributed by atoms with Crippen LogP contribution in [0.3, 0.4) is 0 Å². The molecule has 0 radical (unpaired) electrons. The van der Waals surface area contributed by atoms with Crippen molar-refractivity contribution in [2.75, 3.05) is 12.4 Å². The van der Waals surface area contributed by atoms with Crippen molar-refractivity contribution in [1.82, 2.24) is 4.98 Å². The number of alkyl halides is 3. The molecule has 86 valence electrons. The Bertz CT molecular complexity index is 308. The van der Waals surface area contributed by atoms with Gasteiger partial charge in [0.05, 0.1) is 11.3 Å². The van der Waals surface area contributed by atoms with Gasteiger partial charge in [0.25, 0.3) is 0 Å². The van der Waals surface area contributed by atoms with Crippen LogP contribution >= 0.6 is 0 Å². The molecule has 0 aromatic carbocycles. The largest absolute Gasteiger partial charge is 0.418 e. The lowest BCUT2D eigenvalue weighted by Gasteiger charge is -2.10. The van der Waals surface area contributed by atoms with Crippen molar-refractivity contribution in [3.05, 3.63) is 23.4 Å². The molecule has 0 spiro atoms. The topological polar surface area (TPSA) is 24.9 Å². The number of halogens is 3. The van der Waals surface area contributed by atoms with E-state index < -0.39 is 11.7 Å². The highest BCUT2D eigenvalue weighted by atomic mass is 19.4. The van der Waals surface area contributed by atoms with Crippen LogP contribution in [-0.2, 0) is 6.18 Å². The smallest absolute Gasteiger partial charge is 0.373 e. The minimum absolute atomic E-state index is 0.0145. The summed E-state index contributed by atoms with van der Waals surface area (Å²) in [5, 5.41) is 2.67. The first-order valence-corrected chi connectivity index (χ1v) is 4.67. The minimum atomic E-state index is -4.32. The van der Waals surface area contributed by atoms with Crippen molar-refractivity contribution < 1.29 is 13.2 Å². The van der Waals surface area contributed by atoms with Crippen LogP contribution in [0.25, 0.3) is 0 Å². The molecular weight excluding hydrogens is 205 g/mol. The molecule has 0 unspecified atom stereocenters. The molecule has 1 heterocycles. The molecule has 0 aliphatic rings. The van der Waals surface area contributed by atoms with Crippen LogP contribution in [0.4, 0.5) is 19.0 Å². The fraction of sp³-hybridized carbons (Fsp3) is 0.500. The van der Waals surface area contributed by atoms with Gasteiger partial charge in [0.2, 0.25) is 0 Å². The van der Waals surface area contributed by atoms with Gasteiger partial charge in [-0.25, -0.2) is 4.98 Å². The first kappa shape index (κ1) is 13.7. The molecule has 0 saturated carbocycles. The predicted octanol–water partition coefficient (Wildman–Crippen LogP) is 3.48. The summed E-state index contributed by atoms with van der Waals surface area (Å²) >= 11 is 0. The highest BCUT2D eigenvalue weighted by molar-refractivity contribution is 5.38. The van der Waals surface area contributed by atoms with Crippen molar-refractivity contribution in [1.29, 1.82) is 0 Å². The van der Waals surface area contributed by atoms with E-state index in [1.54, 1.807) is 7.05 Å².